The molecule has 2 aromatic carbocycles. The predicted molar refractivity (Wildman–Crippen MR) is 102 cm³/mol. The van der Waals surface area contributed by atoms with Gasteiger partial charge in [0.25, 0.3) is 0 Å². The molecule has 0 fully saturated rings. The average molecular weight is 372 g/mol. The smallest absolute Gasteiger partial charge is 0.308 e. The van der Waals surface area contributed by atoms with E-state index in [9.17, 15) is 15.0 Å². The largest absolute Gasteiger partial charge is 0.508 e. The van der Waals surface area contributed by atoms with Crippen molar-refractivity contribution in [2.75, 3.05) is 13.2 Å². The number of ether oxygens (including phenoxy) is 3. The van der Waals surface area contributed by atoms with E-state index in [1.165, 1.54) is 25.1 Å². The molecule has 0 aliphatic carbocycles. The van der Waals surface area contributed by atoms with Gasteiger partial charge in [0, 0.05) is 30.2 Å². The van der Waals surface area contributed by atoms with E-state index in [-0.39, 0.29) is 11.5 Å². The topological polar surface area (TPSA) is 85.2 Å². The quantitative estimate of drug-likeness (QED) is 0.541. The highest BCUT2D eigenvalue weighted by Crippen LogP contribution is 2.32. The van der Waals surface area contributed by atoms with Crippen molar-refractivity contribution in [1.82, 2.24) is 0 Å². The summed E-state index contributed by atoms with van der Waals surface area (Å²) in [6, 6.07) is 9.66. The minimum absolute atomic E-state index is 0.0590. The van der Waals surface area contributed by atoms with Crippen molar-refractivity contribution in [3.63, 3.8) is 0 Å². The fraction of sp³-hybridized carbons (Fsp3) is 0.286. The molecule has 27 heavy (non-hydrogen) atoms. The van der Waals surface area contributed by atoms with Gasteiger partial charge in [-0.05, 0) is 38.1 Å². The van der Waals surface area contributed by atoms with Crippen molar-refractivity contribution in [2.45, 2.75) is 26.9 Å². The molecule has 0 heterocycles. The molecule has 0 spiro atoms. The van der Waals surface area contributed by atoms with Crippen molar-refractivity contribution < 1.29 is 29.2 Å². The number of rotatable bonds is 8. The Morgan fingerprint density at radius 1 is 1.07 bits per heavy atom. The van der Waals surface area contributed by atoms with Crippen molar-refractivity contribution in [2.24, 2.45) is 0 Å². The maximum atomic E-state index is 11.2. The molecule has 6 heteroatoms. The Kier molecular flexibility index (Phi) is 7.25. The van der Waals surface area contributed by atoms with E-state index in [0.717, 1.165) is 5.56 Å². The van der Waals surface area contributed by atoms with Gasteiger partial charge in [0.05, 0.1) is 13.2 Å². The van der Waals surface area contributed by atoms with Gasteiger partial charge < -0.3 is 24.4 Å². The Balaban J connectivity index is 2.28. The Hall–Kier alpha value is -2.99. The van der Waals surface area contributed by atoms with Gasteiger partial charge in [-0.2, -0.15) is 0 Å². The number of aromatic hydroxyl groups is 1. The molecule has 0 aromatic heterocycles. The molecule has 0 bridgehead atoms. The first-order valence-corrected chi connectivity index (χ1v) is 8.71. The molecule has 144 valence electrons. The highest BCUT2D eigenvalue weighted by Gasteiger charge is 2.14. The standard InChI is InChI=1S/C21H24O6/c1-4-25-17-9-6-15(20(13-17)26-5-2)7-11-19(24)18-10-8-16(23)12-21(18)27-14(3)22/h6-13,19,23-24H,4-5H2,1-3H3. The number of phenols is 1. The van der Waals surface area contributed by atoms with E-state index in [0.29, 0.717) is 30.3 Å². The summed E-state index contributed by atoms with van der Waals surface area (Å²) >= 11 is 0. The van der Waals surface area contributed by atoms with Crippen molar-refractivity contribution in [1.29, 1.82) is 0 Å². The summed E-state index contributed by atoms with van der Waals surface area (Å²) in [7, 11) is 0. The molecule has 2 rings (SSSR count). The minimum atomic E-state index is -1.04. The third kappa shape index (κ3) is 5.76. The van der Waals surface area contributed by atoms with Gasteiger partial charge in [0.1, 0.15) is 29.1 Å². The molecule has 2 aromatic rings. The number of aliphatic hydroxyl groups excluding tert-OH is 1. The summed E-state index contributed by atoms with van der Waals surface area (Å²) in [4.78, 5) is 11.2. The van der Waals surface area contributed by atoms with Gasteiger partial charge >= 0.3 is 5.97 Å². The molecule has 0 saturated heterocycles. The van der Waals surface area contributed by atoms with Crippen LogP contribution in [-0.4, -0.2) is 29.4 Å². The predicted octanol–water partition coefficient (Wildman–Crippen LogP) is 3.86. The monoisotopic (exact) mass is 372 g/mol. The zero-order chi connectivity index (χ0) is 19.8. The fourth-order valence-corrected chi connectivity index (χ4v) is 2.50. The van der Waals surface area contributed by atoms with Crippen LogP contribution in [0.3, 0.4) is 0 Å². The highest BCUT2D eigenvalue weighted by atomic mass is 16.5. The van der Waals surface area contributed by atoms with E-state index in [1.807, 2.05) is 26.0 Å². The molecule has 0 amide bonds. The molecular formula is C21H24O6. The minimum Gasteiger partial charge on any atom is -0.508 e. The van der Waals surface area contributed by atoms with Crippen LogP contribution in [0.2, 0.25) is 0 Å². The molecule has 2 N–H and O–H groups in total. The van der Waals surface area contributed by atoms with Crippen LogP contribution < -0.4 is 14.2 Å². The summed E-state index contributed by atoms with van der Waals surface area (Å²) in [6.45, 7) is 6.09. The lowest BCUT2D eigenvalue weighted by Gasteiger charge is -2.13. The summed E-state index contributed by atoms with van der Waals surface area (Å²) in [5.74, 6) is 0.850. The van der Waals surface area contributed by atoms with Crippen LogP contribution in [0.15, 0.2) is 42.5 Å². The molecule has 1 atom stereocenters. The Bertz CT molecular complexity index is 812. The average Bonchev–Trinajstić information content (AvgIpc) is 2.61. The molecule has 0 aliphatic rings. The van der Waals surface area contributed by atoms with Gasteiger partial charge in [0.2, 0.25) is 0 Å². The fourth-order valence-electron chi connectivity index (χ4n) is 2.50. The van der Waals surface area contributed by atoms with E-state index in [1.54, 1.807) is 18.2 Å². The Morgan fingerprint density at radius 2 is 1.81 bits per heavy atom. The SMILES string of the molecule is CCOc1ccc(C=CC(O)c2ccc(O)cc2OC(C)=O)c(OCC)c1. The van der Waals surface area contributed by atoms with Gasteiger partial charge in [-0.1, -0.05) is 12.2 Å². The molecule has 0 aliphatic heterocycles. The lowest BCUT2D eigenvalue weighted by molar-refractivity contribution is -0.131. The number of hydrogen-bond donors (Lipinski definition) is 2. The second-order valence-electron chi connectivity index (χ2n) is 5.69. The maximum Gasteiger partial charge on any atom is 0.308 e. The number of hydrogen-bond acceptors (Lipinski definition) is 6. The van der Waals surface area contributed by atoms with Crippen LogP contribution in [0.25, 0.3) is 6.08 Å². The molecular weight excluding hydrogens is 348 g/mol. The first-order valence-electron chi connectivity index (χ1n) is 8.71. The summed E-state index contributed by atoms with van der Waals surface area (Å²) in [5, 5.41) is 20.1. The summed E-state index contributed by atoms with van der Waals surface area (Å²) in [6.07, 6.45) is 2.23. The van der Waals surface area contributed by atoms with Crippen LogP contribution >= 0.6 is 0 Å². The molecule has 1 unspecified atom stereocenters. The number of benzene rings is 2. The first kappa shape index (κ1) is 20.3. The molecule has 6 nitrogen and oxygen atoms in total. The van der Waals surface area contributed by atoms with Crippen LogP contribution in [0.4, 0.5) is 0 Å². The second-order valence-corrected chi connectivity index (χ2v) is 5.69. The number of phenolic OH excluding ortho intramolecular Hbond substituents is 1. The second kappa shape index (κ2) is 9.64. The van der Waals surface area contributed by atoms with Crippen LogP contribution in [-0.2, 0) is 4.79 Å². The lowest BCUT2D eigenvalue weighted by Crippen LogP contribution is -2.05. The van der Waals surface area contributed by atoms with Gasteiger partial charge in [-0.25, -0.2) is 0 Å². The van der Waals surface area contributed by atoms with Crippen molar-refractivity contribution in [3.05, 3.63) is 53.6 Å². The maximum absolute atomic E-state index is 11.2. The highest BCUT2D eigenvalue weighted by molar-refractivity contribution is 5.70. The van der Waals surface area contributed by atoms with E-state index in [4.69, 9.17) is 14.2 Å². The normalized spacial score (nSPS) is 12.0. The number of carbonyl (C=O) groups excluding carboxylic acids is 1. The first-order chi connectivity index (χ1) is 12.9. The third-order valence-corrected chi connectivity index (χ3v) is 3.62. The van der Waals surface area contributed by atoms with E-state index < -0.39 is 12.1 Å². The van der Waals surface area contributed by atoms with Crippen LogP contribution in [0.5, 0.6) is 23.0 Å². The lowest BCUT2D eigenvalue weighted by atomic mass is 10.1. The third-order valence-electron chi connectivity index (χ3n) is 3.62. The number of esters is 1. The Labute approximate surface area is 158 Å². The van der Waals surface area contributed by atoms with Crippen LogP contribution in [0.1, 0.15) is 38.0 Å². The molecule has 0 radical (unpaired) electrons. The van der Waals surface area contributed by atoms with Crippen molar-refractivity contribution in [3.8, 4) is 23.0 Å². The number of aliphatic hydroxyl groups is 1. The van der Waals surface area contributed by atoms with Gasteiger partial charge in [-0.15, -0.1) is 0 Å². The van der Waals surface area contributed by atoms with Gasteiger partial charge in [0.15, 0.2) is 0 Å². The molecule has 0 saturated carbocycles. The summed E-state index contributed by atoms with van der Waals surface area (Å²) < 4.78 is 16.2. The summed E-state index contributed by atoms with van der Waals surface area (Å²) in [5.41, 5.74) is 1.13. The van der Waals surface area contributed by atoms with Gasteiger partial charge in [-0.3, -0.25) is 4.79 Å². The zero-order valence-corrected chi connectivity index (χ0v) is 15.6. The van der Waals surface area contributed by atoms with E-state index in [2.05, 4.69) is 0 Å². The zero-order valence-electron chi connectivity index (χ0n) is 15.6. The van der Waals surface area contributed by atoms with Crippen molar-refractivity contribution >= 4 is 12.0 Å². The Morgan fingerprint density at radius 3 is 2.48 bits per heavy atom. The van der Waals surface area contributed by atoms with E-state index >= 15 is 0 Å². The van der Waals surface area contributed by atoms with Crippen LogP contribution in [0, 0.1) is 0 Å². The number of carbonyl (C=O) groups is 1.